The summed E-state index contributed by atoms with van der Waals surface area (Å²) in [5, 5.41) is 3.60. The number of ether oxygens (including phenoxy) is 1. The maximum Gasteiger partial charge on any atom is 0.266 e. The van der Waals surface area contributed by atoms with E-state index in [4.69, 9.17) is 9.72 Å². The first-order valence-electron chi connectivity index (χ1n) is 11.4. The van der Waals surface area contributed by atoms with Gasteiger partial charge in [-0.05, 0) is 63.3 Å². The van der Waals surface area contributed by atoms with E-state index in [1.54, 1.807) is 17.7 Å². The predicted molar refractivity (Wildman–Crippen MR) is 133 cm³/mol. The Kier molecular flexibility index (Phi) is 7.50. The number of hydrogen-bond acceptors (Lipinski definition) is 5. The maximum absolute atomic E-state index is 13.5. The quantitative estimate of drug-likeness (QED) is 0.293. The SMILES string of the molecule is COc1ccccc1-n1c(S[C@H](C)C(=O)NCCC2=CCCCC2)nc2ccccc2c1=O. The van der Waals surface area contributed by atoms with Crippen LogP contribution in [0.1, 0.15) is 39.0 Å². The largest absolute Gasteiger partial charge is 0.495 e. The number of carbonyl (C=O) groups excluding carboxylic acids is 1. The minimum Gasteiger partial charge on any atom is -0.495 e. The van der Waals surface area contributed by atoms with Crippen LogP contribution in [-0.4, -0.2) is 34.4 Å². The van der Waals surface area contributed by atoms with Gasteiger partial charge in [0, 0.05) is 6.54 Å². The Labute approximate surface area is 198 Å². The first-order chi connectivity index (χ1) is 16.1. The Morgan fingerprint density at radius 2 is 1.97 bits per heavy atom. The van der Waals surface area contributed by atoms with Gasteiger partial charge in [0.25, 0.3) is 5.56 Å². The van der Waals surface area contributed by atoms with Crippen molar-refractivity contribution < 1.29 is 9.53 Å². The average molecular weight is 464 g/mol. The molecular formula is C26H29N3O3S. The lowest BCUT2D eigenvalue weighted by Gasteiger charge is -2.18. The fraction of sp³-hybridized carbons (Fsp3) is 0.346. The number of carbonyl (C=O) groups is 1. The van der Waals surface area contributed by atoms with Crippen LogP contribution in [0, 0.1) is 0 Å². The lowest BCUT2D eigenvalue weighted by molar-refractivity contribution is -0.120. The predicted octanol–water partition coefficient (Wildman–Crippen LogP) is 4.88. The second-order valence-electron chi connectivity index (χ2n) is 8.13. The van der Waals surface area contributed by atoms with E-state index in [9.17, 15) is 9.59 Å². The molecule has 4 rings (SSSR count). The van der Waals surface area contributed by atoms with Crippen LogP contribution in [0.15, 0.2) is 70.1 Å². The van der Waals surface area contributed by atoms with Gasteiger partial charge in [-0.25, -0.2) is 4.98 Å². The van der Waals surface area contributed by atoms with Crippen LogP contribution in [0.4, 0.5) is 0 Å². The molecule has 1 aliphatic carbocycles. The molecule has 33 heavy (non-hydrogen) atoms. The fourth-order valence-electron chi connectivity index (χ4n) is 4.05. The first kappa shape index (κ1) is 23.1. The molecule has 0 bridgehead atoms. The Morgan fingerprint density at radius 1 is 1.18 bits per heavy atom. The summed E-state index contributed by atoms with van der Waals surface area (Å²) in [6.07, 6.45) is 7.97. The highest BCUT2D eigenvalue weighted by atomic mass is 32.2. The van der Waals surface area contributed by atoms with Gasteiger partial charge in [0.1, 0.15) is 5.75 Å². The van der Waals surface area contributed by atoms with Gasteiger partial charge < -0.3 is 10.1 Å². The number of nitrogens with zero attached hydrogens (tertiary/aromatic N) is 2. The van der Waals surface area contributed by atoms with Crippen molar-refractivity contribution in [3.8, 4) is 11.4 Å². The molecule has 0 aliphatic heterocycles. The number of aromatic nitrogens is 2. The molecular weight excluding hydrogens is 434 g/mol. The van der Waals surface area contributed by atoms with Crippen LogP contribution < -0.4 is 15.6 Å². The van der Waals surface area contributed by atoms with Crippen molar-refractivity contribution in [3.63, 3.8) is 0 Å². The normalized spacial score (nSPS) is 14.5. The lowest BCUT2D eigenvalue weighted by atomic mass is 9.97. The van der Waals surface area contributed by atoms with E-state index in [1.807, 2.05) is 49.4 Å². The minimum atomic E-state index is -0.417. The van der Waals surface area contributed by atoms with Crippen LogP contribution in [0.3, 0.4) is 0 Å². The molecule has 7 heteroatoms. The van der Waals surface area contributed by atoms with E-state index in [-0.39, 0.29) is 11.5 Å². The molecule has 0 fully saturated rings. The van der Waals surface area contributed by atoms with E-state index in [1.165, 1.54) is 30.2 Å². The number of allylic oxidation sites excluding steroid dienone is 1. The first-order valence-corrected chi connectivity index (χ1v) is 12.2. The number of benzene rings is 2. The van der Waals surface area contributed by atoms with Crippen LogP contribution in [-0.2, 0) is 4.79 Å². The van der Waals surface area contributed by atoms with Crippen molar-refractivity contribution in [1.82, 2.24) is 14.9 Å². The third-order valence-corrected chi connectivity index (χ3v) is 6.91. The zero-order valence-electron chi connectivity index (χ0n) is 19.0. The van der Waals surface area contributed by atoms with Gasteiger partial charge in [0.2, 0.25) is 5.91 Å². The van der Waals surface area contributed by atoms with E-state index in [0.717, 1.165) is 19.3 Å². The van der Waals surface area contributed by atoms with Crippen molar-refractivity contribution >= 4 is 28.6 Å². The molecule has 3 aromatic rings. The lowest BCUT2D eigenvalue weighted by Crippen LogP contribution is -2.32. The molecule has 1 aliphatic rings. The van der Waals surface area contributed by atoms with E-state index >= 15 is 0 Å². The third kappa shape index (κ3) is 5.30. The molecule has 1 aromatic heterocycles. The Hall–Kier alpha value is -3.06. The standard InChI is InChI=1S/C26H29N3O3S/c1-18(24(30)27-17-16-19-10-4-3-5-11-19)33-26-28-21-13-7-6-12-20(21)25(31)29(26)22-14-8-9-15-23(22)32-2/h6-10,12-15,18H,3-5,11,16-17H2,1-2H3,(H,27,30)/t18-/m1/s1. The van der Waals surface area contributed by atoms with Crippen LogP contribution in [0.5, 0.6) is 5.75 Å². The number of thioether (sulfide) groups is 1. The smallest absolute Gasteiger partial charge is 0.266 e. The Balaban J connectivity index is 1.60. The second-order valence-corrected chi connectivity index (χ2v) is 9.44. The van der Waals surface area contributed by atoms with Gasteiger partial charge in [-0.2, -0.15) is 0 Å². The van der Waals surface area contributed by atoms with Crippen molar-refractivity contribution in [1.29, 1.82) is 0 Å². The molecule has 172 valence electrons. The third-order valence-electron chi connectivity index (χ3n) is 5.85. The number of fused-ring (bicyclic) bond motifs is 1. The van der Waals surface area contributed by atoms with E-state index in [2.05, 4.69) is 11.4 Å². The molecule has 2 aromatic carbocycles. The summed E-state index contributed by atoms with van der Waals surface area (Å²) in [6, 6.07) is 14.6. The van der Waals surface area contributed by atoms with Gasteiger partial charge >= 0.3 is 0 Å². The number of amides is 1. The highest BCUT2D eigenvalue weighted by molar-refractivity contribution is 8.00. The topological polar surface area (TPSA) is 73.2 Å². The monoisotopic (exact) mass is 463 g/mol. The molecule has 1 N–H and O–H groups in total. The van der Waals surface area contributed by atoms with E-state index in [0.29, 0.717) is 34.0 Å². The molecule has 1 amide bonds. The second kappa shape index (κ2) is 10.7. The van der Waals surface area contributed by atoms with Gasteiger partial charge in [-0.3, -0.25) is 14.2 Å². The fourth-order valence-corrected chi connectivity index (χ4v) is 5.00. The van der Waals surface area contributed by atoms with Crippen molar-refractivity contribution in [2.75, 3.05) is 13.7 Å². The highest BCUT2D eigenvalue weighted by Gasteiger charge is 2.21. The van der Waals surface area contributed by atoms with Crippen LogP contribution in [0.2, 0.25) is 0 Å². The Morgan fingerprint density at radius 3 is 2.76 bits per heavy atom. The minimum absolute atomic E-state index is 0.0645. The summed E-state index contributed by atoms with van der Waals surface area (Å²) in [7, 11) is 1.57. The van der Waals surface area contributed by atoms with Gasteiger partial charge in [0.15, 0.2) is 5.16 Å². The molecule has 1 heterocycles. The number of rotatable bonds is 8. The van der Waals surface area contributed by atoms with Gasteiger partial charge in [-0.15, -0.1) is 0 Å². The number of nitrogens with one attached hydrogen (secondary N) is 1. The van der Waals surface area contributed by atoms with E-state index < -0.39 is 5.25 Å². The molecule has 0 unspecified atom stereocenters. The Bertz CT molecular complexity index is 1230. The summed E-state index contributed by atoms with van der Waals surface area (Å²) in [6.45, 7) is 2.47. The van der Waals surface area contributed by atoms with Crippen molar-refractivity contribution in [3.05, 3.63) is 70.5 Å². The molecule has 0 radical (unpaired) electrons. The molecule has 0 saturated carbocycles. The number of hydrogen-bond donors (Lipinski definition) is 1. The van der Waals surface area contributed by atoms with Gasteiger partial charge in [0.05, 0.1) is 29.0 Å². The molecule has 1 atom stereocenters. The summed E-state index contributed by atoms with van der Waals surface area (Å²) < 4.78 is 7.05. The summed E-state index contributed by atoms with van der Waals surface area (Å²) in [5.74, 6) is 0.502. The van der Waals surface area contributed by atoms with Crippen LogP contribution in [0.25, 0.3) is 16.6 Å². The van der Waals surface area contributed by atoms with Crippen LogP contribution >= 0.6 is 11.8 Å². The summed E-state index contributed by atoms with van der Waals surface area (Å²) >= 11 is 1.28. The van der Waals surface area contributed by atoms with Crippen molar-refractivity contribution in [2.45, 2.75) is 49.4 Å². The summed E-state index contributed by atoms with van der Waals surface area (Å²) in [4.78, 5) is 31.0. The van der Waals surface area contributed by atoms with Crippen molar-refractivity contribution in [2.24, 2.45) is 0 Å². The zero-order valence-corrected chi connectivity index (χ0v) is 19.9. The highest BCUT2D eigenvalue weighted by Crippen LogP contribution is 2.29. The number of methoxy groups -OCH3 is 1. The van der Waals surface area contributed by atoms with Gasteiger partial charge in [-0.1, -0.05) is 47.7 Å². The molecule has 0 saturated heterocycles. The summed E-state index contributed by atoms with van der Waals surface area (Å²) in [5.41, 5.74) is 2.45. The maximum atomic E-state index is 13.5. The molecule has 6 nitrogen and oxygen atoms in total. The average Bonchev–Trinajstić information content (AvgIpc) is 2.85. The molecule has 0 spiro atoms. The zero-order chi connectivity index (χ0) is 23.2. The number of para-hydroxylation sites is 3.